The Balaban J connectivity index is 1.60. The predicted molar refractivity (Wildman–Crippen MR) is 88.7 cm³/mol. The Morgan fingerprint density at radius 3 is 2.87 bits per heavy atom. The van der Waals surface area contributed by atoms with Gasteiger partial charge in [-0.25, -0.2) is 9.97 Å². The largest absolute Gasteiger partial charge is 0.384 e. The van der Waals surface area contributed by atoms with E-state index in [1.54, 1.807) is 12.3 Å². The van der Waals surface area contributed by atoms with Gasteiger partial charge in [0.25, 0.3) is 5.91 Å². The molecule has 1 aliphatic rings. The quantitative estimate of drug-likeness (QED) is 0.924. The van der Waals surface area contributed by atoms with E-state index in [0.29, 0.717) is 24.2 Å². The number of likely N-dealkylation sites (tertiary alicyclic amines) is 1. The number of rotatable bonds is 4. The highest BCUT2D eigenvalue weighted by molar-refractivity contribution is 5.94. The molecule has 2 N–H and O–H groups in total. The van der Waals surface area contributed by atoms with Gasteiger partial charge in [0, 0.05) is 30.9 Å². The molecule has 2 heterocycles. The van der Waals surface area contributed by atoms with Crippen LogP contribution in [0.2, 0.25) is 0 Å². The Morgan fingerprint density at radius 2 is 2.13 bits per heavy atom. The number of aromatic nitrogens is 2. The van der Waals surface area contributed by atoms with E-state index in [4.69, 9.17) is 5.73 Å². The van der Waals surface area contributed by atoms with Crippen molar-refractivity contribution >= 4 is 11.7 Å². The maximum absolute atomic E-state index is 12.5. The lowest BCUT2D eigenvalue weighted by atomic mass is 10.2. The monoisotopic (exact) mass is 311 g/mol. The van der Waals surface area contributed by atoms with Gasteiger partial charge in [-0.3, -0.25) is 9.69 Å². The van der Waals surface area contributed by atoms with Crippen LogP contribution >= 0.6 is 0 Å². The van der Waals surface area contributed by atoms with Crippen molar-refractivity contribution < 1.29 is 4.79 Å². The van der Waals surface area contributed by atoms with Crippen molar-refractivity contribution in [3.8, 4) is 0 Å². The maximum atomic E-state index is 12.5. The summed E-state index contributed by atoms with van der Waals surface area (Å²) in [4.78, 5) is 25.1. The first-order chi connectivity index (χ1) is 11.1. The molecule has 0 spiro atoms. The second-order valence-corrected chi connectivity index (χ2v) is 5.87. The summed E-state index contributed by atoms with van der Waals surface area (Å²) in [5.74, 6) is 1.29. The molecule has 1 aromatic carbocycles. The summed E-state index contributed by atoms with van der Waals surface area (Å²) in [6.07, 6.45) is 2.63. The van der Waals surface area contributed by atoms with Gasteiger partial charge in [0.05, 0.1) is 6.54 Å². The van der Waals surface area contributed by atoms with Gasteiger partial charge in [0.15, 0.2) is 0 Å². The zero-order valence-corrected chi connectivity index (χ0v) is 13.2. The Hall–Kier alpha value is -2.47. The van der Waals surface area contributed by atoms with E-state index in [2.05, 4.69) is 14.9 Å². The molecule has 0 saturated carbocycles. The van der Waals surface area contributed by atoms with Crippen LogP contribution in [0.1, 0.15) is 22.6 Å². The molecule has 1 fully saturated rings. The van der Waals surface area contributed by atoms with Crippen molar-refractivity contribution in [2.45, 2.75) is 19.0 Å². The van der Waals surface area contributed by atoms with E-state index in [-0.39, 0.29) is 5.91 Å². The van der Waals surface area contributed by atoms with Gasteiger partial charge < -0.3 is 10.6 Å². The molecule has 1 saturated heterocycles. The summed E-state index contributed by atoms with van der Waals surface area (Å²) >= 11 is 0. The standard InChI is InChI=1S/C17H21N5O/c1-21(12-16-19-9-7-15(18)20-16)14-8-10-22(11-14)17(23)13-5-3-2-4-6-13/h2-7,9,14H,8,10-12H2,1H3,(H2,18,19,20)/t14-/m1/s1. The molecule has 0 radical (unpaired) electrons. The number of carbonyl (C=O) groups excluding carboxylic acids is 1. The number of carbonyl (C=O) groups is 1. The number of amides is 1. The second kappa shape index (κ2) is 6.75. The lowest BCUT2D eigenvalue weighted by Gasteiger charge is -2.24. The van der Waals surface area contributed by atoms with E-state index in [0.717, 1.165) is 25.1 Å². The Morgan fingerprint density at radius 1 is 1.35 bits per heavy atom. The number of likely N-dealkylation sites (N-methyl/N-ethyl adjacent to an activating group) is 1. The highest BCUT2D eigenvalue weighted by Crippen LogP contribution is 2.18. The molecule has 23 heavy (non-hydrogen) atoms. The van der Waals surface area contributed by atoms with Crippen LogP contribution in [0, 0.1) is 0 Å². The molecule has 1 aromatic heterocycles. The maximum Gasteiger partial charge on any atom is 0.253 e. The third-order valence-corrected chi connectivity index (χ3v) is 4.21. The molecule has 0 bridgehead atoms. The number of anilines is 1. The highest BCUT2D eigenvalue weighted by atomic mass is 16.2. The van der Waals surface area contributed by atoms with Gasteiger partial charge in [-0.2, -0.15) is 0 Å². The second-order valence-electron chi connectivity index (χ2n) is 5.87. The van der Waals surface area contributed by atoms with Gasteiger partial charge in [0.2, 0.25) is 0 Å². The molecule has 1 amide bonds. The van der Waals surface area contributed by atoms with E-state index >= 15 is 0 Å². The van der Waals surface area contributed by atoms with Crippen LogP contribution in [0.25, 0.3) is 0 Å². The van der Waals surface area contributed by atoms with Gasteiger partial charge in [0.1, 0.15) is 11.6 Å². The number of hydrogen-bond acceptors (Lipinski definition) is 5. The number of nitrogens with two attached hydrogens (primary N) is 1. The zero-order valence-electron chi connectivity index (χ0n) is 13.2. The minimum absolute atomic E-state index is 0.0988. The lowest BCUT2D eigenvalue weighted by molar-refractivity contribution is 0.0779. The van der Waals surface area contributed by atoms with Crippen LogP contribution in [0.4, 0.5) is 5.82 Å². The predicted octanol–water partition coefficient (Wildman–Crippen LogP) is 1.41. The first-order valence-corrected chi connectivity index (χ1v) is 7.75. The van der Waals surface area contributed by atoms with Crippen LogP contribution in [0.5, 0.6) is 0 Å². The molecule has 2 aromatic rings. The van der Waals surface area contributed by atoms with Crippen LogP contribution in [-0.4, -0.2) is 51.9 Å². The fraction of sp³-hybridized carbons (Fsp3) is 0.353. The van der Waals surface area contributed by atoms with E-state index in [1.807, 2.05) is 42.3 Å². The molecule has 6 heteroatoms. The van der Waals surface area contributed by atoms with Crippen molar-refractivity contribution in [2.75, 3.05) is 25.9 Å². The smallest absolute Gasteiger partial charge is 0.253 e. The third-order valence-electron chi connectivity index (χ3n) is 4.21. The Kier molecular flexibility index (Phi) is 4.52. The highest BCUT2D eigenvalue weighted by Gasteiger charge is 2.29. The fourth-order valence-corrected chi connectivity index (χ4v) is 2.89. The van der Waals surface area contributed by atoms with Gasteiger partial charge in [-0.05, 0) is 31.7 Å². The number of nitrogen functional groups attached to an aromatic ring is 1. The molecule has 6 nitrogen and oxygen atoms in total. The molecular weight excluding hydrogens is 290 g/mol. The van der Waals surface area contributed by atoms with Gasteiger partial charge in [-0.1, -0.05) is 18.2 Å². The molecule has 0 unspecified atom stereocenters. The van der Waals surface area contributed by atoms with Crippen molar-refractivity contribution in [3.63, 3.8) is 0 Å². The van der Waals surface area contributed by atoms with Crippen LogP contribution in [0.15, 0.2) is 42.6 Å². The third kappa shape index (κ3) is 3.65. The van der Waals surface area contributed by atoms with E-state index < -0.39 is 0 Å². The van der Waals surface area contributed by atoms with Gasteiger partial charge >= 0.3 is 0 Å². The average Bonchev–Trinajstić information content (AvgIpc) is 3.05. The average molecular weight is 311 g/mol. The summed E-state index contributed by atoms with van der Waals surface area (Å²) in [6, 6.07) is 11.4. The molecule has 1 atom stereocenters. The molecule has 0 aliphatic carbocycles. The normalized spacial score (nSPS) is 17.7. The minimum atomic E-state index is 0.0988. The Bertz CT molecular complexity index is 676. The fourth-order valence-electron chi connectivity index (χ4n) is 2.89. The summed E-state index contributed by atoms with van der Waals surface area (Å²) in [5, 5.41) is 0. The summed E-state index contributed by atoms with van der Waals surface area (Å²) in [5.41, 5.74) is 6.44. The summed E-state index contributed by atoms with van der Waals surface area (Å²) in [7, 11) is 2.04. The topological polar surface area (TPSA) is 75.4 Å². The van der Waals surface area contributed by atoms with E-state index in [1.165, 1.54) is 0 Å². The zero-order chi connectivity index (χ0) is 16.2. The summed E-state index contributed by atoms with van der Waals surface area (Å²) < 4.78 is 0. The molecular formula is C17H21N5O. The van der Waals surface area contributed by atoms with E-state index in [9.17, 15) is 4.79 Å². The first kappa shape index (κ1) is 15.4. The van der Waals surface area contributed by atoms with Gasteiger partial charge in [-0.15, -0.1) is 0 Å². The number of nitrogens with zero attached hydrogens (tertiary/aromatic N) is 4. The first-order valence-electron chi connectivity index (χ1n) is 7.75. The minimum Gasteiger partial charge on any atom is -0.384 e. The molecule has 1 aliphatic heterocycles. The summed E-state index contributed by atoms with van der Waals surface area (Å²) in [6.45, 7) is 2.14. The van der Waals surface area contributed by atoms with Crippen LogP contribution in [-0.2, 0) is 6.54 Å². The van der Waals surface area contributed by atoms with Crippen molar-refractivity contribution in [1.29, 1.82) is 0 Å². The number of benzene rings is 1. The Labute approximate surface area is 135 Å². The molecule has 120 valence electrons. The van der Waals surface area contributed by atoms with Crippen LogP contribution < -0.4 is 5.73 Å². The number of hydrogen-bond donors (Lipinski definition) is 1. The SMILES string of the molecule is CN(Cc1nccc(N)n1)[C@@H]1CCN(C(=O)c2ccccc2)C1. The lowest BCUT2D eigenvalue weighted by Crippen LogP contribution is -2.36. The van der Waals surface area contributed by atoms with Crippen molar-refractivity contribution in [2.24, 2.45) is 0 Å². The van der Waals surface area contributed by atoms with Crippen molar-refractivity contribution in [3.05, 3.63) is 54.0 Å². The van der Waals surface area contributed by atoms with Crippen LogP contribution in [0.3, 0.4) is 0 Å². The van der Waals surface area contributed by atoms with Crippen molar-refractivity contribution in [1.82, 2.24) is 19.8 Å². The molecule has 3 rings (SSSR count).